The SMILES string of the molecule is O=C(O)CO[C@@H](c1ccccc1Cl)C(F)(F)F. The van der Waals surface area contributed by atoms with Crippen LogP contribution in [-0.2, 0) is 9.53 Å². The normalized spacial score (nSPS) is 13.4. The minimum absolute atomic E-state index is 0.125. The molecule has 0 spiro atoms. The van der Waals surface area contributed by atoms with Crippen molar-refractivity contribution in [2.24, 2.45) is 0 Å². The van der Waals surface area contributed by atoms with Gasteiger partial charge in [0.05, 0.1) is 0 Å². The Hall–Kier alpha value is -1.27. The summed E-state index contributed by atoms with van der Waals surface area (Å²) in [7, 11) is 0. The summed E-state index contributed by atoms with van der Waals surface area (Å²) in [4.78, 5) is 10.2. The zero-order valence-electron chi connectivity index (χ0n) is 8.37. The van der Waals surface area contributed by atoms with Crippen molar-refractivity contribution in [3.63, 3.8) is 0 Å². The minimum atomic E-state index is -4.72. The van der Waals surface area contributed by atoms with E-state index < -0.39 is 24.9 Å². The van der Waals surface area contributed by atoms with E-state index in [0.717, 1.165) is 6.07 Å². The molecule has 1 aromatic rings. The first-order chi connectivity index (χ1) is 7.82. The van der Waals surface area contributed by atoms with E-state index in [4.69, 9.17) is 16.7 Å². The molecule has 1 aromatic carbocycles. The van der Waals surface area contributed by atoms with Crippen LogP contribution in [0.1, 0.15) is 11.7 Å². The number of carbonyl (C=O) groups is 1. The maximum Gasteiger partial charge on any atom is 0.418 e. The number of hydrogen-bond donors (Lipinski definition) is 1. The summed E-state index contributed by atoms with van der Waals surface area (Å²) in [5, 5.41) is 8.19. The lowest BCUT2D eigenvalue weighted by molar-refractivity contribution is -0.225. The molecular weight excluding hydrogens is 261 g/mol. The molecule has 0 saturated heterocycles. The lowest BCUT2D eigenvalue weighted by atomic mass is 10.1. The van der Waals surface area contributed by atoms with Gasteiger partial charge >= 0.3 is 12.1 Å². The molecule has 0 bridgehead atoms. The predicted molar refractivity (Wildman–Crippen MR) is 53.8 cm³/mol. The lowest BCUT2D eigenvalue weighted by Gasteiger charge is -2.21. The Bertz CT molecular complexity index is 406. The van der Waals surface area contributed by atoms with Gasteiger partial charge in [-0.2, -0.15) is 13.2 Å². The second kappa shape index (κ2) is 5.37. The van der Waals surface area contributed by atoms with Gasteiger partial charge in [0.15, 0.2) is 6.10 Å². The standard InChI is InChI=1S/C10H8ClF3O3/c11-7-4-2-1-3-6(7)9(10(12,13)14)17-5-8(15)16/h1-4,9H,5H2,(H,15,16)/t9-/m0/s1. The number of ether oxygens (including phenoxy) is 1. The van der Waals surface area contributed by atoms with E-state index in [9.17, 15) is 18.0 Å². The van der Waals surface area contributed by atoms with Crippen molar-refractivity contribution in [3.05, 3.63) is 34.9 Å². The first kappa shape index (κ1) is 13.8. The zero-order valence-corrected chi connectivity index (χ0v) is 9.13. The van der Waals surface area contributed by atoms with Gasteiger partial charge < -0.3 is 9.84 Å². The van der Waals surface area contributed by atoms with Crippen LogP contribution in [0, 0.1) is 0 Å². The molecule has 0 fully saturated rings. The summed E-state index contributed by atoms with van der Waals surface area (Å²) in [6.45, 7) is -1.05. The Morgan fingerprint density at radius 3 is 2.47 bits per heavy atom. The van der Waals surface area contributed by atoms with Crippen LogP contribution >= 0.6 is 11.6 Å². The molecule has 0 heterocycles. The van der Waals surface area contributed by atoms with Crippen LogP contribution in [0.3, 0.4) is 0 Å². The number of carboxylic acid groups (broad SMARTS) is 1. The van der Waals surface area contributed by atoms with E-state index in [1.807, 2.05) is 0 Å². The van der Waals surface area contributed by atoms with Crippen molar-refractivity contribution in [2.45, 2.75) is 12.3 Å². The van der Waals surface area contributed by atoms with Gasteiger partial charge in [0.25, 0.3) is 0 Å². The van der Waals surface area contributed by atoms with E-state index in [1.165, 1.54) is 18.2 Å². The van der Waals surface area contributed by atoms with Crippen LogP contribution in [0.15, 0.2) is 24.3 Å². The molecule has 1 atom stereocenters. The molecular formula is C10H8ClF3O3. The topological polar surface area (TPSA) is 46.5 Å². The summed E-state index contributed by atoms with van der Waals surface area (Å²) < 4.78 is 42.3. The van der Waals surface area contributed by atoms with Crippen LogP contribution in [0.25, 0.3) is 0 Å². The van der Waals surface area contributed by atoms with Gasteiger partial charge in [-0.15, -0.1) is 0 Å². The smallest absolute Gasteiger partial charge is 0.418 e. The summed E-state index contributed by atoms with van der Waals surface area (Å²) in [5.41, 5.74) is -0.303. The quantitative estimate of drug-likeness (QED) is 0.913. The zero-order chi connectivity index (χ0) is 13.1. The summed E-state index contributed by atoms with van der Waals surface area (Å²) in [5.74, 6) is -1.48. The molecule has 1 rings (SSSR count). The van der Waals surface area contributed by atoms with E-state index in [1.54, 1.807) is 0 Å². The minimum Gasteiger partial charge on any atom is -0.480 e. The number of halogens is 4. The first-order valence-corrected chi connectivity index (χ1v) is 4.84. The number of benzene rings is 1. The maximum absolute atomic E-state index is 12.7. The fraction of sp³-hybridized carbons (Fsp3) is 0.300. The highest BCUT2D eigenvalue weighted by Gasteiger charge is 2.43. The molecule has 0 saturated carbocycles. The second-order valence-corrected chi connectivity index (χ2v) is 3.56. The first-order valence-electron chi connectivity index (χ1n) is 4.47. The van der Waals surface area contributed by atoms with Crippen molar-refractivity contribution >= 4 is 17.6 Å². The van der Waals surface area contributed by atoms with Crippen LogP contribution in [-0.4, -0.2) is 23.9 Å². The molecule has 17 heavy (non-hydrogen) atoms. The second-order valence-electron chi connectivity index (χ2n) is 3.15. The highest BCUT2D eigenvalue weighted by Crippen LogP contribution is 2.38. The van der Waals surface area contributed by atoms with Crippen molar-refractivity contribution in [1.82, 2.24) is 0 Å². The van der Waals surface area contributed by atoms with Gasteiger partial charge in [-0.3, -0.25) is 0 Å². The van der Waals surface area contributed by atoms with Gasteiger partial charge in [0.1, 0.15) is 6.61 Å². The van der Waals surface area contributed by atoms with E-state index >= 15 is 0 Å². The molecule has 3 nitrogen and oxygen atoms in total. The third kappa shape index (κ3) is 3.90. The molecule has 0 aliphatic carbocycles. The van der Waals surface area contributed by atoms with Gasteiger partial charge in [-0.25, -0.2) is 4.79 Å². The predicted octanol–water partition coefficient (Wildman–Crippen LogP) is 3.04. The van der Waals surface area contributed by atoms with Gasteiger partial charge in [0, 0.05) is 10.6 Å². The van der Waals surface area contributed by atoms with Gasteiger partial charge in [-0.1, -0.05) is 29.8 Å². The fourth-order valence-electron chi connectivity index (χ4n) is 1.20. The molecule has 0 aliphatic rings. The summed E-state index contributed by atoms with van der Waals surface area (Å²) >= 11 is 5.61. The Kier molecular flexibility index (Phi) is 4.36. The average Bonchev–Trinajstić information content (AvgIpc) is 2.18. The number of aliphatic carboxylic acids is 1. The highest BCUT2D eigenvalue weighted by molar-refractivity contribution is 6.31. The average molecular weight is 269 g/mol. The van der Waals surface area contributed by atoms with Gasteiger partial charge in [-0.05, 0) is 6.07 Å². The van der Waals surface area contributed by atoms with Crippen LogP contribution in [0.2, 0.25) is 5.02 Å². The number of hydrogen-bond acceptors (Lipinski definition) is 2. The third-order valence-corrected chi connectivity index (χ3v) is 2.20. The Morgan fingerprint density at radius 2 is 2.00 bits per heavy atom. The van der Waals surface area contributed by atoms with Crippen LogP contribution in [0.5, 0.6) is 0 Å². The monoisotopic (exact) mass is 268 g/mol. The largest absolute Gasteiger partial charge is 0.480 e. The molecule has 7 heteroatoms. The molecule has 0 unspecified atom stereocenters. The molecule has 0 radical (unpaired) electrons. The maximum atomic E-state index is 12.7. The molecule has 0 aliphatic heterocycles. The molecule has 1 N–H and O–H groups in total. The fourth-order valence-corrected chi connectivity index (χ4v) is 1.44. The number of alkyl halides is 3. The highest BCUT2D eigenvalue weighted by atomic mass is 35.5. The van der Waals surface area contributed by atoms with Crippen molar-refractivity contribution in [2.75, 3.05) is 6.61 Å². The molecule has 94 valence electrons. The lowest BCUT2D eigenvalue weighted by Crippen LogP contribution is -2.26. The van der Waals surface area contributed by atoms with Crippen molar-refractivity contribution < 1.29 is 27.8 Å². The summed E-state index contributed by atoms with van der Waals surface area (Å²) in [6, 6.07) is 5.25. The van der Waals surface area contributed by atoms with Gasteiger partial charge in [0.2, 0.25) is 0 Å². The van der Waals surface area contributed by atoms with E-state index in [2.05, 4.69) is 4.74 Å². The van der Waals surface area contributed by atoms with E-state index in [-0.39, 0.29) is 10.6 Å². The van der Waals surface area contributed by atoms with Crippen LogP contribution in [0.4, 0.5) is 13.2 Å². The Morgan fingerprint density at radius 1 is 1.41 bits per heavy atom. The molecule has 0 amide bonds. The number of carboxylic acids is 1. The third-order valence-electron chi connectivity index (χ3n) is 1.86. The molecule has 0 aromatic heterocycles. The van der Waals surface area contributed by atoms with Crippen molar-refractivity contribution in [3.8, 4) is 0 Å². The van der Waals surface area contributed by atoms with Crippen molar-refractivity contribution in [1.29, 1.82) is 0 Å². The Labute approximate surface area is 99.8 Å². The van der Waals surface area contributed by atoms with E-state index in [0.29, 0.717) is 0 Å². The Balaban J connectivity index is 2.99. The number of rotatable bonds is 4. The summed E-state index contributed by atoms with van der Waals surface area (Å²) in [6.07, 6.45) is -7.06. The van der Waals surface area contributed by atoms with Crippen LogP contribution < -0.4 is 0 Å².